The Labute approximate surface area is 109 Å². The molecule has 3 N–H and O–H groups in total. The lowest BCUT2D eigenvalue weighted by Crippen LogP contribution is -2.45. The first-order valence-corrected chi connectivity index (χ1v) is 6.40. The van der Waals surface area contributed by atoms with Crippen LogP contribution in [0.15, 0.2) is 22.7 Å². The third kappa shape index (κ3) is 2.79. The van der Waals surface area contributed by atoms with Crippen LogP contribution >= 0.6 is 15.9 Å². The van der Waals surface area contributed by atoms with Gasteiger partial charge in [0.2, 0.25) is 0 Å². The number of halogens is 1. The number of carbonyl (C=O) groups excluding carboxylic acids is 1. The number of amides is 1. The van der Waals surface area contributed by atoms with E-state index in [1.54, 1.807) is 17.0 Å². The molecule has 1 aliphatic rings. The average Bonchev–Trinajstić information content (AvgIpc) is 2.32. The molecule has 1 aromatic carbocycles. The number of phenols is 1. The molecule has 0 bridgehead atoms. The Hall–Kier alpha value is -1.07. The molecular weight excluding hydrogens is 284 g/mol. The molecule has 92 valence electrons. The van der Waals surface area contributed by atoms with Gasteiger partial charge in [0, 0.05) is 24.7 Å². The molecule has 1 heterocycles. The summed E-state index contributed by atoms with van der Waals surface area (Å²) in [6, 6.07) is 4.92. The molecule has 1 unspecified atom stereocenters. The van der Waals surface area contributed by atoms with Gasteiger partial charge in [0.1, 0.15) is 5.75 Å². The first kappa shape index (κ1) is 12.4. The number of likely N-dealkylation sites (tertiary alicyclic amines) is 1. The molecule has 17 heavy (non-hydrogen) atoms. The number of nitrogens with two attached hydrogens (primary N) is 1. The summed E-state index contributed by atoms with van der Waals surface area (Å²) in [6.07, 6.45) is 1.91. The second-order valence-electron chi connectivity index (χ2n) is 4.32. The number of carbonyl (C=O) groups is 1. The van der Waals surface area contributed by atoms with Gasteiger partial charge >= 0.3 is 0 Å². The lowest BCUT2D eigenvalue weighted by molar-refractivity contribution is 0.0708. The minimum absolute atomic E-state index is 0.0664. The molecule has 0 aromatic heterocycles. The van der Waals surface area contributed by atoms with Crippen molar-refractivity contribution in [1.29, 1.82) is 0 Å². The lowest BCUT2D eigenvalue weighted by Gasteiger charge is -2.30. The van der Waals surface area contributed by atoms with E-state index in [4.69, 9.17) is 5.73 Å². The summed E-state index contributed by atoms with van der Waals surface area (Å²) in [4.78, 5) is 13.9. The van der Waals surface area contributed by atoms with Crippen molar-refractivity contribution in [3.63, 3.8) is 0 Å². The molecular formula is C12H15BrN2O2. The molecule has 0 radical (unpaired) electrons. The van der Waals surface area contributed by atoms with Gasteiger partial charge in [-0.25, -0.2) is 0 Å². The number of piperidine rings is 1. The van der Waals surface area contributed by atoms with Crippen LogP contribution in [0.25, 0.3) is 0 Å². The van der Waals surface area contributed by atoms with E-state index in [9.17, 15) is 9.90 Å². The van der Waals surface area contributed by atoms with E-state index >= 15 is 0 Å². The van der Waals surface area contributed by atoms with E-state index < -0.39 is 0 Å². The van der Waals surface area contributed by atoms with Gasteiger partial charge in [0.25, 0.3) is 5.91 Å². The third-order valence-corrected chi connectivity index (χ3v) is 3.61. The Morgan fingerprint density at radius 2 is 2.29 bits per heavy atom. The van der Waals surface area contributed by atoms with Crippen LogP contribution in [0.4, 0.5) is 0 Å². The molecule has 0 spiro atoms. The van der Waals surface area contributed by atoms with Gasteiger partial charge in [-0.1, -0.05) is 0 Å². The minimum Gasteiger partial charge on any atom is -0.507 e. The maximum absolute atomic E-state index is 12.2. The minimum atomic E-state index is -0.0667. The molecule has 1 amide bonds. The van der Waals surface area contributed by atoms with Gasteiger partial charge in [0.15, 0.2) is 0 Å². The van der Waals surface area contributed by atoms with Crippen LogP contribution in [0, 0.1) is 0 Å². The largest absolute Gasteiger partial charge is 0.507 e. The number of aromatic hydroxyl groups is 1. The molecule has 1 fully saturated rings. The molecule has 4 nitrogen and oxygen atoms in total. The van der Waals surface area contributed by atoms with Crippen molar-refractivity contribution in [2.45, 2.75) is 18.9 Å². The maximum atomic E-state index is 12.2. The maximum Gasteiger partial charge on any atom is 0.254 e. The van der Waals surface area contributed by atoms with Crippen LogP contribution in [0.2, 0.25) is 0 Å². The summed E-state index contributed by atoms with van der Waals surface area (Å²) in [5, 5.41) is 9.56. The predicted molar refractivity (Wildman–Crippen MR) is 68.9 cm³/mol. The Balaban J connectivity index is 2.15. The van der Waals surface area contributed by atoms with Crippen molar-refractivity contribution >= 4 is 21.8 Å². The SMILES string of the molecule is NC1CCCN(C(=O)c2ccc(Br)c(O)c2)C1. The second kappa shape index (κ2) is 5.06. The summed E-state index contributed by atoms with van der Waals surface area (Å²) < 4.78 is 0.587. The Kier molecular flexibility index (Phi) is 3.69. The van der Waals surface area contributed by atoms with Crippen LogP contribution in [-0.4, -0.2) is 35.0 Å². The van der Waals surface area contributed by atoms with Crippen molar-refractivity contribution in [2.75, 3.05) is 13.1 Å². The Morgan fingerprint density at radius 3 is 2.94 bits per heavy atom. The van der Waals surface area contributed by atoms with E-state index in [1.807, 2.05) is 0 Å². The fraction of sp³-hybridized carbons (Fsp3) is 0.417. The van der Waals surface area contributed by atoms with Gasteiger partial charge in [0.05, 0.1) is 4.47 Å². The van der Waals surface area contributed by atoms with Crippen molar-refractivity contribution in [1.82, 2.24) is 4.90 Å². The summed E-state index contributed by atoms with van der Waals surface area (Å²) in [7, 11) is 0. The molecule has 5 heteroatoms. The number of hydrogen-bond donors (Lipinski definition) is 2. The molecule has 1 atom stereocenters. The highest BCUT2D eigenvalue weighted by molar-refractivity contribution is 9.10. The summed E-state index contributed by atoms with van der Waals surface area (Å²) in [6.45, 7) is 1.33. The van der Waals surface area contributed by atoms with Crippen LogP contribution in [0.1, 0.15) is 23.2 Å². The quantitative estimate of drug-likeness (QED) is 0.829. The van der Waals surface area contributed by atoms with Gasteiger partial charge < -0.3 is 15.7 Å². The highest BCUT2D eigenvalue weighted by atomic mass is 79.9. The van der Waals surface area contributed by atoms with Gasteiger partial charge in [-0.05, 0) is 47.0 Å². The summed E-state index contributed by atoms with van der Waals surface area (Å²) in [5.41, 5.74) is 6.34. The zero-order chi connectivity index (χ0) is 12.4. The lowest BCUT2D eigenvalue weighted by atomic mass is 10.1. The summed E-state index contributed by atoms with van der Waals surface area (Å²) in [5.74, 6) is 0.0140. The number of phenolic OH excluding ortho intramolecular Hbond substituents is 1. The fourth-order valence-electron chi connectivity index (χ4n) is 2.02. The van der Waals surface area contributed by atoms with E-state index in [2.05, 4.69) is 15.9 Å². The van der Waals surface area contributed by atoms with Gasteiger partial charge in [-0.2, -0.15) is 0 Å². The zero-order valence-corrected chi connectivity index (χ0v) is 11.0. The van der Waals surface area contributed by atoms with E-state index in [0.717, 1.165) is 19.4 Å². The molecule has 0 saturated carbocycles. The van der Waals surface area contributed by atoms with E-state index in [0.29, 0.717) is 16.6 Å². The highest BCUT2D eigenvalue weighted by Gasteiger charge is 2.22. The number of nitrogens with zero attached hydrogens (tertiary/aromatic N) is 1. The normalized spacial score (nSPS) is 20.4. The topological polar surface area (TPSA) is 66.6 Å². The van der Waals surface area contributed by atoms with Gasteiger partial charge in [-0.3, -0.25) is 4.79 Å². The fourth-order valence-corrected chi connectivity index (χ4v) is 2.27. The van der Waals surface area contributed by atoms with Crippen molar-refractivity contribution in [2.24, 2.45) is 5.73 Å². The zero-order valence-electron chi connectivity index (χ0n) is 9.40. The highest BCUT2D eigenvalue weighted by Crippen LogP contribution is 2.25. The predicted octanol–water partition coefficient (Wildman–Crippen LogP) is 1.72. The van der Waals surface area contributed by atoms with Crippen LogP contribution in [0.3, 0.4) is 0 Å². The van der Waals surface area contributed by atoms with Crippen LogP contribution < -0.4 is 5.73 Å². The Morgan fingerprint density at radius 1 is 1.53 bits per heavy atom. The van der Waals surface area contributed by atoms with Crippen molar-refractivity contribution in [3.05, 3.63) is 28.2 Å². The molecule has 2 rings (SSSR count). The van der Waals surface area contributed by atoms with Crippen LogP contribution in [0.5, 0.6) is 5.75 Å². The molecule has 0 aliphatic carbocycles. The molecule has 1 saturated heterocycles. The third-order valence-electron chi connectivity index (χ3n) is 2.94. The summed E-state index contributed by atoms with van der Waals surface area (Å²) >= 11 is 3.19. The second-order valence-corrected chi connectivity index (χ2v) is 5.17. The van der Waals surface area contributed by atoms with Crippen molar-refractivity contribution in [3.8, 4) is 5.75 Å². The monoisotopic (exact) mass is 298 g/mol. The first-order chi connectivity index (χ1) is 8.08. The smallest absolute Gasteiger partial charge is 0.254 e. The van der Waals surface area contributed by atoms with E-state index in [-0.39, 0.29) is 17.7 Å². The molecule has 1 aromatic rings. The van der Waals surface area contributed by atoms with Gasteiger partial charge in [-0.15, -0.1) is 0 Å². The standard InChI is InChI=1S/C12H15BrN2O2/c13-10-4-3-8(6-11(10)16)12(17)15-5-1-2-9(14)7-15/h3-4,6,9,16H,1-2,5,7,14H2. The first-order valence-electron chi connectivity index (χ1n) is 5.61. The average molecular weight is 299 g/mol. The van der Waals surface area contributed by atoms with Crippen LogP contribution in [-0.2, 0) is 0 Å². The number of hydrogen-bond acceptors (Lipinski definition) is 3. The van der Waals surface area contributed by atoms with E-state index in [1.165, 1.54) is 6.07 Å². The Bertz CT molecular complexity index is 437. The molecule has 1 aliphatic heterocycles. The van der Waals surface area contributed by atoms with Crippen molar-refractivity contribution < 1.29 is 9.90 Å². The number of benzene rings is 1. The number of rotatable bonds is 1.